The molecule has 1 aromatic heterocycles. The third kappa shape index (κ3) is 3.66. The fourth-order valence-corrected chi connectivity index (χ4v) is 4.21. The highest BCUT2D eigenvalue weighted by Crippen LogP contribution is 2.24. The van der Waals surface area contributed by atoms with Gasteiger partial charge < -0.3 is 4.57 Å². The highest BCUT2D eigenvalue weighted by Gasteiger charge is 2.30. The van der Waals surface area contributed by atoms with Gasteiger partial charge in [0.15, 0.2) is 0 Å². The summed E-state index contributed by atoms with van der Waals surface area (Å²) in [5.41, 5.74) is 0. The van der Waals surface area contributed by atoms with Gasteiger partial charge in [-0.25, -0.2) is 17.7 Å². The molecule has 21 heavy (non-hydrogen) atoms. The zero-order chi connectivity index (χ0) is 15.6. The van der Waals surface area contributed by atoms with Crippen LogP contribution in [0.2, 0.25) is 0 Å². The van der Waals surface area contributed by atoms with Crippen molar-refractivity contribution >= 4 is 10.0 Å². The molecule has 1 aliphatic heterocycles. The van der Waals surface area contributed by atoms with Crippen LogP contribution in [0.3, 0.4) is 0 Å². The number of hydrogen-bond acceptors (Lipinski definition) is 3. The summed E-state index contributed by atoms with van der Waals surface area (Å²) < 4.78 is 28.2. The van der Waals surface area contributed by atoms with Crippen molar-refractivity contribution in [2.45, 2.75) is 58.2 Å². The second kappa shape index (κ2) is 6.48. The maximum Gasteiger partial charge on any atom is 0.216 e. The van der Waals surface area contributed by atoms with E-state index in [-0.39, 0.29) is 5.25 Å². The summed E-state index contributed by atoms with van der Waals surface area (Å²) in [6.45, 7) is 10.0. The van der Waals surface area contributed by atoms with Crippen molar-refractivity contribution in [2.75, 3.05) is 13.1 Å². The Hall–Kier alpha value is -0.880. The smallest absolute Gasteiger partial charge is 0.216 e. The Morgan fingerprint density at radius 2 is 1.86 bits per heavy atom. The van der Waals surface area contributed by atoms with Crippen LogP contribution in [-0.4, -0.2) is 40.6 Å². The summed E-state index contributed by atoms with van der Waals surface area (Å²) in [6.07, 6.45) is 5.75. The van der Waals surface area contributed by atoms with Gasteiger partial charge in [-0.1, -0.05) is 13.8 Å². The van der Waals surface area contributed by atoms with E-state index in [0.29, 0.717) is 24.9 Å². The third-order valence-electron chi connectivity index (χ3n) is 4.25. The highest BCUT2D eigenvalue weighted by molar-refractivity contribution is 7.89. The first-order valence-corrected chi connectivity index (χ1v) is 9.32. The molecular formula is C15H27N3O2S. The van der Waals surface area contributed by atoms with Gasteiger partial charge in [0, 0.05) is 37.9 Å². The molecule has 1 fully saturated rings. The van der Waals surface area contributed by atoms with Gasteiger partial charge in [-0.05, 0) is 32.6 Å². The van der Waals surface area contributed by atoms with E-state index >= 15 is 0 Å². The van der Waals surface area contributed by atoms with E-state index in [2.05, 4.69) is 23.4 Å². The Labute approximate surface area is 128 Å². The predicted molar refractivity (Wildman–Crippen MR) is 84.7 cm³/mol. The Morgan fingerprint density at radius 3 is 2.38 bits per heavy atom. The van der Waals surface area contributed by atoms with Crippen LogP contribution in [0, 0.1) is 5.92 Å². The monoisotopic (exact) mass is 313 g/mol. The van der Waals surface area contributed by atoms with Crippen LogP contribution in [0.25, 0.3) is 0 Å². The number of aromatic nitrogens is 2. The van der Waals surface area contributed by atoms with E-state index in [1.165, 1.54) is 0 Å². The number of rotatable bonds is 5. The quantitative estimate of drug-likeness (QED) is 0.839. The van der Waals surface area contributed by atoms with Gasteiger partial charge in [0.05, 0.1) is 5.25 Å². The summed E-state index contributed by atoms with van der Waals surface area (Å²) in [6, 6.07) is 0. The molecule has 0 spiro atoms. The van der Waals surface area contributed by atoms with E-state index in [4.69, 9.17) is 0 Å². The van der Waals surface area contributed by atoms with Crippen molar-refractivity contribution in [3.63, 3.8) is 0 Å². The summed E-state index contributed by atoms with van der Waals surface area (Å²) in [4.78, 5) is 4.42. The van der Waals surface area contributed by atoms with Crippen LogP contribution in [0.1, 0.15) is 52.3 Å². The van der Waals surface area contributed by atoms with Gasteiger partial charge >= 0.3 is 0 Å². The first-order valence-electron chi connectivity index (χ1n) is 7.82. The van der Waals surface area contributed by atoms with Crippen molar-refractivity contribution in [3.8, 4) is 0 Å². The molecule has 0 saturated carbocycles. The maximum absolute atomic E-state index is 12.2. The van der Waals surface area contributed by atoms with E-state index in [9.17, 15) is 8.42 Å². The molecule has 1 aromatic rings. The minimum Gasteiger partial charge on any atom is -0.334 e. The topological polar surface area (TPSA) is 55.2 Å². The van der Waals surface area contributed by atoms with E-state index in [1.807, 2.05) is 12.4 Å². The molecule has 0 radical (unpaired) electrons. The molecule has 0 aromatic carbocycles. The van der Waals surface area contributed by atoms with Crippen LogP contribution in [0.5, 0.6) is 0 Å². The molecule has 1 aliphatic rings. The zero-order valence-electron chi connectivity index (χ0n) is 13.5. The lowest BCUT2D eigenvalue weighted by atomic mass is 9.98. The van der Waals surface area contributed by atoms with Crippen molar-refractivity contribution in [1.82, 2.24) is 13.9 Å². The summed E-state index contributed by atoms with van der Waals surface area (Å²) >= 11 is 0. The van der Waals surface area contributed by atoms with E-state index in [1.54, 1.807) is 18.2 Å². The summed E-state index contributed by atoms with van der Waals surface area (Å²) in [5.74, 6) is 2.07. The average Bonchev–Trinajstić information content (AvgIpc) is 2.87. The molecule has 6 heteroatoms. The molecule has 120 valence electrons. The second-order valence-electron chi connectivity index (χ2n) is 6.53. The molecule has 5 nitrogen and oxygen atoms in total. The normalized spacial score (nSPS) is 18.8. The Balaban J connectivity index is 1.94. The first-order chi connectivity index (χ1) is 9.82. The fourth-order valence-electron chi connectivity index (χ4n) is 2.90. The molecule has 0 amide bonds. The van der Waals surface area contributed by atoms with Crippen molar-refractivity contribution in [2.24, 2.45) is 5.92 Å². The van der Waals surface area contributed by atoms with Gasteiger partial charge in [-0.2, -0.15) is 0 Å². The van der Waals surface area contributed by atoms with Crippen molar-refractivity contribution in [3.05, 3.63) is 18.2 Å². The van der Waals surface area contributed by atoms with Crippen LogP contribution in [-0.2, 0) is 16.6 Å². The molecule has 0 atom stereocenters. The van der Waals surface area contributed by atoms with Gasteiger partial charge in [-0.3, -0.25) is 0 Å². The maximum atomic E-state index is 12.2. The Kier molecular flexibility index (Phi) is 5.09. The predicted octanol–water partition coefficient (Wildman–Crippen LogP) is 2.46. The number of sulfonamides is 1. The van der Waals surface area contributed by atoms with Crippen LogP contribution in [0.4, 0.5) is 0 Å². The zero-order valence-corrected chi connectivity index (χ0v) is 14.3. The van der Waals surface area contributed by atoms with Gasteiger partial charge in [-0.15, -0.1) is 0 Å². The second-order valence-corrected chi connectivity index (χ2v) is 9.02. The largest absolute Gasteiger partial charge is 0.334 e. The van der Waals surface area contributed by atoms with Gasteiger partial charge in [0.1, 0.15) is 5.82 Å². The molecular weight excluding hydrogens is 286 g/mol. The van der Waals surface area contributed by atoms with Crippen molar-refractivity contribution < 1.29 is 8.42 Å². The Morgan fingerprint density at radius 1 is 1.24 bits per heavy atom. The number of nitrogens with zero attached hydrogens (tertiary/aromatic N) is 3. The van der Waals surface area contributed by atoms with Crippen LogP contribution >= 0.6 is 0 Å². The number of piperidine rings is 1. The average molecular weight is 313 g/mol. The molecule has 0 unspecified atom stereocenters. The lowest BCUT2D eigenvalue weighted by molar-refractivity contribution is 0.249. The lowest BCUT2D eigenvalue weighted by Crippen LogP contribution is -2.42. The number of imidazole rings is 1. The molecule has 0 N–H and O–H groups in total. The summed E-state index contributed by atoms with van der Waals surface area (Å²) in [5, 5.41) is -0.324. The molecule has 1 saturated heterocycles. The van der Waals surface area contributed by atoms with Gasteiger partial charge in [0.2, 0.25) is 10.0 Å². The third-order valence-corrected chi connectivity index (χ3v) is 6.52. The number of hydrogen-bond donors (Lipinski definition) is 0. The minimum atomic E-state index is -3.09. The van der Waals surface area contributed by atoms with E-state index < -0.39 is 10.0 Å². The molecule has 0 bridgehead atoms. The first kappa shape index (κ1) is 16.5. The molecule has 2 heterocycles. The van der Waals surface area contributed by atoms with Crippen molar-refractivity contribution in [1.29, 1.82) is 0 Å². The van der Waals surface area contributed by atoms with Gasteiger partial charge in [0.25, 0.3) is 0 Å². The Bertz CT molecular complexity index is 555. The highest BCUT2D eigenvalue weighted by atomic mass is 32.2. The summed E-state index contributed by atoms with van der Waals surface area (Å²) in [7, 11) is -3.09. The lowest BCUT2D eigenvalue weighted by Gasteiger charge is -2.32. The minimum absolute atomic E-state index is 0.324. The van der Waals surface area contributed by atoms with Crippen LogP contribution < -0.4 is 0 Å². The molecule has 2 rings (SSSR count). The SMILES string of the molecule is CC(C)c1nccn1CC1CCN(S(=O)(=O)C(C)C)CC1. The fraction of sp³-hybridized carbons (Fsp3) is 0.800. The van der Waals surface area contributed by atoms with E-state index in [0.717, 1.165) is 25.2 Å². The molecule has 0 aliphatic carbocycles. The standard InChI is InChI=1S/C15H27N3O2S/c1-12(2)15-16-7-10-17(15)11-14-5-8-18(9-6-14)21(19,20)13(3)4/h7,10,12-14H,5-6,8-9,11H2,1-4H3. The van der Waals surface area contributed by atoms with Crippen LogP contribution in [0.15, 0.2) is 12.4 Å².